The number of benzene rings is 2. The summed E-state index contributed by atoms with van der Waals surface area (Å²) in [6.45, 7) is 1.88. The summed E-state index contributed by atoms with van der Waals surface area (Å²) in [5, 5.41) is 10.1. The number of allylic oxidation sites excluding steroid dienone is 1. The average molecular weight is 485 g/mol. The third kappa shape index (κ3) is 4.38. The molecule has 0 amide bonds. The predicted octanol–water partition coefficient (Wildman–Crippen LogP) is 6.63. The van der Waals surface area contributed by atoms with Gasteiger partial charge in [0.25, 0.3) is 0 Å². The highest BCUT2D eigenvalue weighted by atomic mass is 32.1. The Morgan fingerprint density at radius 1 is 1.03 bits per heavy atom. The molecule has 0 fully saturated rings. The van der Waals surface area contributed by atoms with E-state index in [1.807, 2.05) is 66.1 Å². The first-order chi connectivity index (χ1) is 16.9. The van der Waals surface area contributed by atoms with Crippen LogP contribution in [0.1, 0.15) is 45.0 Å². The highest BCUT2D eigenvalue weighted by Gasteiger charge is 2.22. The van der Waals surface area contributed by atoms with Crippen LogP contribution in [-0.4, -0.2) is 26.2 Å². The van der Waals surface area contributed by atoms with E-state index < -0.39 is 11.8 Å². The molecule has 0 atom stereocenters. The standard InChI is InChI=1S/C28H21FN2O3S/c1-17-21(16-19(11-14-25(32)33)28-30-22-6-2-3-8-24(22)35-28)23-7-4-5-15-31(23)26(17)27(34)18-9-12-20(29)13-10-18/h2-10,12-13,15-16H,11,14H2,1H3,(H,32,33)/b19-16-. The SMILES string of the molecule is Cc1c(/C=C(/CCC(=O)O)c2nc3ccccc3s2)c2ccccn2c1C(=O)c1ccc(F)cc1. The monoisotopic (exact) mass is 484 g/mol. The number of carboxylic acid groups (broad SMARTS) is 1. The minimum absolute atomic E-state index is 0.0338. The number of carboxylic acids is 1. The van der Waals surface area contributed by atoms with E-state index in [9.17, 15) is 19.1 Å². The van der Waals surface area contributed by atoms with Crippen molar-refractivity contribution in [1.29, 1.82) is 0 Å². The molecule has 35 heavy (non-hydrogen) atoms. The third-order valence-corrected chi connectivity index (χ3v) is 7.06. The van der Waals surface area contributed by atoms with Crippen LogP contribution in [-0.2, 0) is 4.79 Å². The summed E-state index contributed by atoms with van der Waals surface area (Å²) in [6, 6.07) is 19.0. The second kappa shape index (κ2) is 9.27. The highest BCUT2D eigenvalue weighted by molar-refractivity contribution is 7.19. The van der Waals surface area contributed by atoms with Crippen molar-refractivity contribution in [3.63, 3.8) is 0 Å². The van der Waals surface area contributed by atoms with E-state index in [0.29, 0.717) is 17.7 Å². The van der Waals surface area contributed by atoms with Crippen LogP contribution in [0.5, 0.6) is 0 Å². The van der Waals surface area contributed by atoms with E-state index >= 15 is 0 Å². The number of nitrogens with zero attached hydrogens (tertiary/aromatic N) is 2. The Morgan fingerprint density at radius 3 is 2.51 bits per heavy atom. The molecule has 0 aliphatic heterocycles. The number of halogens is 1. The molecule has 0 aliphatic carbocycles. The number of para-hydroxylation sites is 1. The molecule has 1 N–H and O–H groups in total. The lowest BCUT2D eigenvalue weighted by molar-refractivity contribution is -0.136. The number of hydrogen-bond donors (Lipinski definition) is 1. The fraction of sp³-hybridized carbons (Fsp3) is 0.107. The normalized spacial score (nSPS) is 11.9. The quantitative estimate of drug-likeness (QED) is 0.263. The van der Waals surface area contributed by atoms with Crippen molar-refractivity contribution in [2.24, 2.45) is 0 Å². The van der Waals surface area contributed by atoms with Crippen LogP contribution in [0.4, 0.5) is 4.39 Å². The van der Waals surface area contributed by atoms with Crippen molar-refractivity contribution in [3.8, 4) is 0 Å². The lowest BCUT2D eigenvalue weighted by Crippen LogP contribution is -2.06. The molecule has 0 bridgehead atoms. The number of carbonyl (C=O) groups is 2. The van der Waals surface area contributed by atoms with E-state index in [2.05, 4.69) is 0 Å². The lowest BCUT2D eigenvalue weighted by Gasteiger charge is -2.04. The van der Waals surface area contributed by atoms with E-state index in [1.165, 1.54) is 35.6 Å². The van der Waals surface area contributed by atoms with Gasteiger partial charge in [-0.2, -0.15) is 0 Å². The zero-order valence-electron chi connectivity index (χ0n) is 18.9. The molecule has 0 aliphatic rings. The van der Waals surface area contributed by atoms with E-state index in [1.54, 1.807) is 0 Å². The maximum absolute atomic E-state index is 13.4. The summed E-state index contributed by atoms with van der Waals surface area (Å²) in [5.74, 6) is -1.50. The zero-order chi connectivity index (χ0) is 24.5. The van der Waals surface area contributed by atoms with Crippen molar-refractivity contribution in [3.05, 3.63) is 106 Å². The molecule has 0 saturated carbocycles. The molecular weight excluding hydrogens is 463 g/mol. The second-order valence-electron chi connectivity index (χ2n) is 8.23. The number of hydrogen-bond acceptors (Lipinski definition) is 4. The molecule has 2 aromatic carbocycles. The molecule has 0 spiro atoms. The first-order valence-electron chi connectivity index (χ1n) is 11.1. The van der Waals surface area contributed by atoms with Gasteiger partial charge in [-0.3, -0.25) is 9.59 Å². The van der Waals surface area contributed by atoms with Crippen LogP contribution in [0, 0.1) is 12.7 Å². The zero-order valence-corrected chi connectivity index (χ0v) is 19.7. The predicted molar refractivity (Wildman–Crippen MR) is 136 cm³/mol. The van der Waals surface area contributed by atoms with Gasteiger partial charge in [0.15, 0.2) is 0 Å². The Kier molecular flexibility index (Phi) is 6.01. The van der Waals surface area contributed by atoms with E-state index in [0.717, 1.165) is 37.4 Å². The van der Waals surface area contributed by atoms with E-state index in [-0.39, 0.29) is 12.2 Å². The van der Waals surface area contributed by atoms with Crippen LogP contribution in [0.25, 0.3) is 27.4 Å². The molecule has 5 nitrogen and oxygen atoms in total. The fourth-order valence-electron chi connectivity index (χ4n) is 4.22. The number of thiazole rings is 1. The Labute approximate surface area is 204 Å². The molecule has 7 heteroatoms. The fourth-order valence-corrected chi connectivity index (χ4v) is 5.23. The molecule has 3 heterocycles. The Hall–Kier alpha value is -4.10. The number of rotatable bonds is 7. The van der Waals surface area contributed by atoms with Gasteiger partial charge in [-0.25, -0.2) is 9.37 Å². The number of fused-ring (bicyclic) bond motifs is 2. The summed E-state index contributed by atoms with van der Waals surface area (Å²) in [7, 11) is 0. The van der Waals surface area contributed by atoms with Gasteiger partial charge < -0.3 is 9.51 Å². The van der Waals surface area contributed by atoms with Crippen LogP contribution in [0.15, 0.2) is 72.9 Å². The van der Waals surface area contributed by atoms with Crippen LogP contribution < -0.4 is 0 Å². The van der Waals surface area contributed by atoms with Gasteiger partial charge in [0, 0.05) is 23.7 Å². The number of aliphatic carboxylic acids is 1. The Morgan fingerprint density at radius 2 is 1.77 bits per heavy atom. The molecule has 5 rings (SSSR count). The Balaban J connectivity index is 1.68. The topological polar surface area (TPSA) is 71.7 Å². The summed E-state index contributed by atoms with van der Waals surface area (Å²) in [4.78, 5) is 29.6. The highest BCUT2D eigenvalue weighted by Crippen LogP contribution is 2.34. The largest absolute Gasteiger partial charge is 0.481 e. The van der Waals surface area contributed by atoms with E-state index in [4.69, 9.17) is 4.98 Å². The number of aromatic nitrogens is 2. The summed E-state index contributed by atoms with van der Waals surface area (Å²) in [5.41, 5.74) is 4.96. The van der Waals surface area contributed by atoms with Crippen LogP contribution in [0.3, 0.4) is 0 Å². The average Bonchev–Trinajstić information content (AvgIpc) is 3.40. The first kappa shape index (κ1) is 22.7. The van der Waals surface area contributed by atoms with Crippen molar-refractivity contribution < 1.29 is 19.1 Å². The summed E-state index contributed by atoms with van der Waals surface area (Å²) in [6.07, 6.45) is 4.05. The van der Waals surface area contributed by atoms with Crippen molar-refractivity contribution in [2.45, 2.75) is 19.8 Å². The number of carbonyl (C=O) groups excluding carboxylic acids is 1. The first-order valence-corrected chi connectivity index (χ1v) is 11.9. The Bertz CT molecular complexity index is 1580. The smallest absolute Gasteiger partial charge is 0.303 e. The van der Waals surface area contributed by atoms with Gasteiger partial charge in [0.2, 0.25) is 5.78 Å². The minimum Gasteiger partial charge on any atom is -0.481 e. The summed E-state index contributed by atoms with van der Waals surface area (Å²) < 4.78 is 16.3. The molecule has 3 aromatic heterocycles. The molecule has 0 saturated heterocycles. The van der Waals surface area contributed by atoms with Gasteiger partial charge in [-0.15, -0.1) is 11.3 Å². The minimum atomic E-state index is -0.886. The lowest BCUT2D eigenvalue weighted by atomic mass is 10.0. The molecule has 5 aromatic rings. The molecule has 0 unspecified atom stereocenters. The number of ketones is 1. The molecule has 0 radical (unpaired) electrons. The molecular formula is C28H21FN2O3S. The van der Waals surface area contributed by atoms with Crippen molar-refractivity contribution in [2.75, 3.05) is 0 Å². The maximum atomic E-state index is 13.4. The third-order valence-electron chi connectivity index (χ3n) is 5.95. The van der Waals surface area contributed by atoms with Crippen molar-refractivity contribution >= 4 is 50.5 Å². The van der Waals surface area contributed by atoms with Gasteiger partial charge in [0.1, 0.15) is 10.8 Å². The van der Waals surface area contributed by atoms with Gasteiger partial charge in [-0.05, 0) is 79.1 Å². The van der Waals surface area contributed by atoms with Gasteiger partial charge >= 0.3 is 5.97 Å². The van der Waals surface area contributed by atoms with Crippen LogP contribution in [0.2, 0.25) is 0 Å². The van der Waals surface area contributed by atoms with Crippen LogP contribution >= 0.6 is 11.3 Å². The van der Waals surface area contributed by atoms with Gasteiger partial charge in [0.05, 0.1) is 21.4 Å². The van der Waals surface area contributed by atoms with Gasteiger partial charge in [-0.1, -0.05) is 18.2 Å². The maximum Gasteiger partial charge on any atom is 0.303 e. The van der Waals surface area contributed by atoms with Crippen molar-refractivity contribution in [1.82, 2.24) is 9.38 Å². The summed E-state index contributed by atoms with van der Waals surface area (Å²) >= 11 is 1.52. The second-order valence-corrected chi connectivity index (χ2v) is 9.26. The molecule has 174 valence electrons. The number of pyridine rings is 1.